The van der Waals surface area contributed by atoms with E-state index in [0.29, 0.717) is 6.42 Å². The van der Waals surface area contributed by atoms with E-state index in [-0.39, 0.29) is 0 Å². The number of nitrogens with two attached hydrogens (primary N) is 1. The Morgan fingerprint density at radius 3 is 2.52 bits per heavy atom. The lowest BCUT2D eigenvalue weighted by Gasteiger charge is -2.27. The Bertz CT molecular complexity index is 629. The third kappa shape index (κ3) is 3.14. The quantitative estimate of drug-likeness (QED) is 0.912. The summed E-state index contributed by atoms with van der Waals surface area (Å²) >= 11 is 6.50. The summed E-state index contributed by atoms with van der Waals surface area (Å²) in [5.74, 6) is 0. The van der Waals surface area contributed by atoms with Crippen molar-refractivity contribution in [2.45, 2.75) is 52.6 Å². The van der Waals surface area contributed by atoms with Crippen LogP contribution >= 0.6 is 11.6 Å². The number of benzene rings is 1. The van der Waals surface area contributed by atoms with E-state index in [1.807, 2.05) is 16.8 Å². The Morgan fingerprint density at radius 1 is 1.29 bits per heavy atom. The summed E-state index contributed by atoms with van der Waals surface area (Å²) in [6.07, 6.45) is 1.52. The first kappa shape index (κ1) is 16.1. The first-order chi connectivity index (χ1) is 9.90. The van der Waals surface area contributed by atoms with Gasteiger partial charge in [0.25, 0.3) is 0 Å². The smallest absolute Gasteiger partial charge is 0.0850 e. The maximum Gasteiger partial charge on any atom is 0.0850 e. The molecule has 1 atom stereocenters. The molecule has 1 unspecified atom stereocenters. The fourth-order valence-electron chi connectivity index (χ4n) is 2.84. The van der Waals surface area contributed by atoms with E-state index in [0.717, 1.165) is 34.9 Å². The average molecular weight is 306 g/mol. The maximum atomic E-state index is 6.61. The molecule has 114 valence electrons. The normalized spacial score (nSPS) is 14.2. The van der Waals surface area contributed by atoms with Crippen LogP contribution in [-0.2, 0) is 24.9 Å². The van der Waals surface area contributed by atoms with Gasteiger partial charge < -0.3 is 5.73 Å². The highest BCUT2D eigenvalue weighted by molar-refractivity contribution is 6.31. The molecule has 0 spiro atoms. The Balaban J connectivity index is 2.41. The lowest BCUT2D eigenvalue weighted by molar-refractivity contribution is 0.461. The van der Waals surface area contributed by atoms with Crippen molar-refractivity contribution >= 4 is 11.6 Å². The summed E-state index contributed by atoms with van der Waals surface area (Å²) in [6, 6.07) is 8.25. The molecule has 0 saturated carbocycles. The zero-order valence-electron chi connectivity index (χ0n) is 13.3. The van der Waals surface area contributed by atoms with Gasteiger partial charge >= 0.3 is 0 Å². The summed E-state index contributed by atoms with van der Waals surface area (Å²) in [6.45, 7) is 9.11. The van der Waals surface area contributed by atoms with Gasteiger partial charge in [0, 0.05) is 18.5 Å². The third-order valence-corrected chi connectivity index (χ3v) is 4.43. The van der Waals surface area contributed by atoms with E-state index in [4.69, 9.17) is 17.3 Å². The molecule has 1 heterocycles. The molecule has 2 aromatic rings. The summed E-state index contributed by atoms with van der Waals surface area (Å²) in [4.78, 5) is 0. The molecule has 2 rings (SSSR count). The monoisotopic (exact) mass is 305 g/mol. The molecule has 1 aromatic heterocycles. The number of hydrogen-bond acceptors (Lipinski definition) is 2. The molecule has 2 N–H and O–H groups in total. The molecule has 1 aromatic carbocycles. The van der Waals surface area contributed by atoms with E-state index in [9.17, 15) is 0 Å². The summed E-state index contributed by atoms with van der Waals surface area (Å²) in [5, 5.41) is 5.34. The second-order valence-corrected chi connectivity index (χ2v) is 6.16. The number of nitrogens with zero attached hydrogens (tertiary/aromatic N) is 2. The van der Waals surface area contributed by atoms with E-state index in [1.165, 1.54) is 5.56 Å². The standard InChI is InChI=1S/C17H24ClN3/c1-5-14-16(18)15(21(6-2)20-14)11-17(4,19)13-10-8-7-9-12(13)3/h7-10H,5-6,11,19H2,1-4H3. The van der Waals surface area contributed by atoms with Crippen LogP contribution in [0.4, 0.5) is 0 Å². The van der Waals surface area contributed by atoms with Crippen LogP contribution in [0.3, 0.4) is 0 Å². The first-order valence-corrected chi connectivity index (χ1v) is 7.87. The molecule has 21 heavy (non-hydrogen) atoms. The Labute approximate surface area is 132 Å². The minimum atomic E-state index is -0.465. The maximum absolute atomic E-state index is 6.61. The molecule has 4 heteroatoms. The van der Waals surface area contributed by atoms with E-state index >= 15 is 0 Å². The highest BCUT2D eigenvalue weighted by atomic mass is 35.5. The molecule has 0 amide bonds. The van der Waals surface area contributed by atoms with Gasteiger partial charge in [-0.15, -0.1) is 0 Å². The average Bonchev–Trinajstić information content (AvgIpc) is 2.75. The predicted molar refractivity (Wildman–Crippen MR) is 88.7 cm³/mol. The van der Waals surface area contributed by atoms with Gasteiger partial charge in [0.15, 0.2) is 0 Å². The van der Waals surface area contributed by atoms with Crippen LogP contribution in [0, 0.1) is 6.92 Å². The molecular formula is C17H24ClN3. The van der Waals surface area contributed by atoms with Crippen molar-refractivity contribution in [2.75, 3.05) is 0 Å². The Hall–Kier alpha value is -1.32. The van der Waals surface area contributed by atoms with Gasteiger partial charge in [0.2, 0.25) is 0 Å². The molecule has 0 aliphatic rings. The minimum Gasteiger partial charge on any atom is -0.321 e. The molecule has 0 aliphatic heterocycles. The molecular weight excluding hydrogens is 282 g/mol. The second-order valence-electron chi connectivity index (χ2n) is 5.79. The van der Waals surface area contributed by atoms with Gasteiger partial charge in [-0.05, 0) is 38.3 Å². The minimum absolute atomic E-state index is 0.465. The number of rotatable bonds is 5. The lowest BCUT2D eigenvalue weighted by Crippen LogP contribution is -2.37. The predicted octanol–water partition coefficient (Wildman–Crippen LogP) is 3.84. The molecule has 3 nitrogen and oxygen atoms in total. The molecule has 0 bridgehead atoms. The van der Waals surface area contributed by atoms with Crippen molar-refractivity contribution in [1.82, 2.24) is 9.78 Å². The van der Waals surface area contributed by atoms with Gasteiger partial charge in [0.05, 0.1) is 16.4 Å². The van der Waals surface area contributed by atoms with Gasteiger partial charge in [-0.3, -0.25) is 4.68 Å². The van der Waals surface area contributed by atoms with Crippen LogP contribution in [0.5, 0.6) is 0 Å². The highest BCUT2D eigenvalue weighted by Gasteiger charge is 2.27. The van der Waals surface area contributed by atoms with Crippen LogP contribution in [0.2, 0.25) is 5.02 Å². The van der Waals surface area contributed by atoms with Crippen molar-refractivity contribution in [2.24, 2.45) is 5.73 Å². The highest BCUT2D eigenvalue weighted by Crippen LogP contribution is 2.30. The van der Waals surface area contributed by atoms with Gasteiger partial charge in [-0.2, -0.15) is 5.10 Å². The van der Waals surface area contributed by atoms with E-state index < -0.39 is 5.54 Å². The zero-order valence-corrected chi connectivity index (χ0v) is 14.0. The lowest BCUT2D eigenvalue weighted by atomic mass is 9.85. The molecule has 0 aliphatic carbocycles. The Kier molecular flexibility index (Phi) is 4.74. The molecule has 0 saturated heterocycles. The fraction of sp³-hybridized carbons (Fsp3) is 0.471. The van der Waals surface area contributed by atoms with Crippen LogP contribution in [-0.4, -0.2) is 9.78 Å². The van der Waals surface area contributed by atoms with Crippen molar-refractivity contribution in [3.63, 3.8) is 0 Å². The van der Waals surface area contributed by atoms with Crippen LogP contribution in [0.15, 0.2) is 24.3 Å². The summed E-state index contributed by atoms with van der Waals surface area (Å²) < 4.78 is 1.98. The second kappa shape index (κ2) is 6.20. The number of halogens is 1. The van der Waals surface area contributed by atoms with Gasteiger partial charge in [-0.25, -0.2) is 0 Å². The van der Waals surface area contributed by atoms with Crippen molar-refractivity contribution in [3.05, 3.63) is 51.8 Å². The number of hydrogen-bond donors (Lipinski definition) is 1. The number of aryl methyl sites for hydroxylation is 3. The van der Waals surface area contributed by atoms with Crippen molar-refractivity contribution in [3.8, 4) is 0 Å². The van der Waals surface area contributed by atoms with E-state index in [1.54, 1.807) is 0 Å². The summed E-state index contributed by atoms with van der Waals surface area (Å²) in [5.41, 5.74) is 10.5. The molecule has 0 radical (unpaired) electrons. The third-order valence-electron chi connectivity index (χ3n) is 3.99. The van der Waals surface area contributed by atoms with Gasteiger partial charge in [-0.1, -0.05) is 42.8 Å². The van der Waals surface area contributed by atoms with Crippen LogP contribution < -0.4 is 5.73 Å². The van der Waals surface area contributed by atoms with Crippen LogP contribution in [0.1, 0.15) is 43.3 Å². The van der Waals surface area contributed by atoms with Crippen molar-refractivity contribution in [1.29, 1.82) is 0 Å². The number of aromatic nitrogens is 2. The zero-order chi connectivity index (χ0) is 15.6. The Morgan fingerprint density at radius 2 is 1.95 bits per heavy atom. The fourth-order valence-corrected chi connectivity index (χ4v) is 3.18. The van der Waals surface area contributed by atoms with Gasteiger partial charge in [0.1, 0.15) is 0 Å². The molecule has 0 fully saturated rings. The largest absolute Gasteiger partial charge is 0.321 e. The van der Waals surface area contributed by atoms with E-state index in [2.05, 4.69) is 44.9 Å². The van der Waals surface area contributed by atoms with Crippen LogP contribution in [0.25, 0.3) is 0 Å². The SMILES string of the molecule is CCc1nn(CC)c(CC(C)(N)c2ccccc2C)c1Cl. The first-order valence-electron chi connectivity index (χ1n) is 7.49. The topological polar surface area (TPSA) is 43.8 Å². The van der Waals surface area contributed by atoms with Crippen molar-refractivity contribution < 1.29 is 0 Å². The summed E-state index contributed by atoms with van der Waals surface area (Å²) in [7, 11) is 0.